The van der Waals surface area contributed by atoms with Gasteiger partial charge in [0, 0.05) is 15.5 Å². The van der Waals surface area contributed by atoms with Crippen molar-refractivity contribution in [3.05, 3.63) is 64.6 Å². The van der Waals surface area contributed by atoms with E-state index in [0.717, 1.165) is 9.86 Å². The van der Waals surface area contributed by atoms with Crippen LogP contribution in [0.15, 0.2) is 59.1 Å². The molecule has 23 heavy (non-hydrogen) atoms. The summed E-state index contributed by atoms with van der Waals surface area (Å²) in [5.41, 5.74) is 0.839. The monoisotopic (exact) mass is 371 g/mol. The van der Waals surface area contributed by atoms with Gasteiger partial charge in [0.05, 0.1) is 12.7 Å². The number of carbonyl (C=O) groups is 1. The summed E-state index contributed by atoms with van der Waals surface area (Å²) in [6, 6.07) is 16.0. The number of ether oxygens (including phenoxy) is 1. The summed E-state index contributed by atoms with van der Waals surface area (Å²) < 4.78 is 5.84. The van der Waals surface area contributed by atoms with Crippen LogP contribution in [-0.4, -0.2) is 18.1 Å². The fraction of sp³-hybridized carbons (Fsp3) is 0.0556. The molecule has 3 aromatic carbocycles. The van der Waals surface area contributed by atoms with E-state index in [1.165, 1.54) is 0 Å². The third kappa shape index (κ3) is 3.00. The lowest BCUT2D eigenvalue weighted by Crippen LogP contribution is -2.12. The lowest BCUT2D eigenvalue weighted by atomic mass is 10.0. The molecule has 0 aliphatic heterocycles. The van der Waals surface area contributed by atoms with Crippen molar-refractivity contribution in [2.24, 2.45) is 0 Å². The van der Waals surface area contributed by atoms with E-state index < -0.39 is 0 Å². The summed E-state index contributed by atoms with van der Waals surface area (Å²) in [5.74, 6) is 0.299. The molecule has 0 aliphatic carbocycles. The maximum absolute atomic E-state index is 12.5. The number of rotatable bonds is 3. The Morgan fingerprint density at radius 1 is 1.09 bits per heavy atom. The van der Waals surface area contributed by atoms with Crippen LogP contribution in [0.1, 0.15) is 10.4 Å². The fourth-order valence-corrected chi connectivity index (χ4v) is 2.94. The first-order valence-corrected chi connectivity index (χ1v) is 7.75. The lowest BCUT2D eigenvalue weighted by Gasteiger charge is -2.11. The quantitative estimate of drug-likeness (QED) is 0.708. The van der Waals surface area contributed by atoms with Crippen LogP contribution < -0.4 is 10.1 Å². The van der Waals surface area contributed by atoms with Crippen molar-refractivity contribution in [3.8, 4) is 11.5 Å². The smallest absolute Gasteiger partial charge is 0.259 e. The van der Waals surface area contributed by atoms with Crippen LogP contribution in [-0.2, 0) is 0 Å². The molecule has 0 aliphatic rings. The number of nitrogens with one attached hydrogen (secondary N) is 1. The Kier molecular flexibility index (Phi) is 4.21. The molecule has 2 N–H and O–H groups in total. The van der Waals surface area contributed by atoms with Gasteiger partial charge in [0.25, 0.3) is 5.91 Å². The number of amides is 1. The average molecular weight is 372 g/mol. The Morgan fingerprint density at radius 2 is 1.74 bits per heavy atom. The van der Waals surface area contributed by atoms with Crippen LogP contribution in [0.2, 0.25) is 0 Å². The predicted molar refractivity (Wildman–Crippen MR) is 94.3 cm³/mol. The second-order valence-corrected chi connectivity index (χ2v) is 5.84. The van der Waals surface area contributed by atoms with Gasteiger partial charge in [0.2, 0.25) is 0 Å². The minimum Gasteiger partial charge on any atom is -0.506 e. The molecule has 5 heteroatoms. The fourth-order valence-electron chi connectivity index (χ4n) is 2.36. The number of hydrogen-bond acceptors (Lipinski definition) is 3. The molecule has 0 bridgehead atoms. The Labute approximate surface area is 141 Å². The Bertz CT molecular complexity index is 875. The predicted octanol–water partition coefficient (Wildman–Crippen LogP) is 4.57. The molecule has 0 heterocycles. The zero-order valence-electron chi connectivity index (χ0n) is 12.3. The van der Waals surface area contributed by atoms with Crippen molar-refractivity contribution in [1.29, 1.82) is 0 Å². The number of aromatic hydroxyl groups is 1. The van der Waals surface area contributed by atoms with E-state index in [4.69, 9.17) is 4.74 Å². The number of phenols is 1. The number of halogens is 1. The second kappa shape index (κ2) is 6.30. The highest BCUT2D eigenvalue weighted by Crippen LogP contribution is 2.34. The molecular weight excluding hydrogens is 358 g/mol. The summed E-state index contributed by atoms with van der Waals surface area (Å²) in [6.07, 6.45) is 0. The number of phenolic OH excluding ortho intramolecular Hbond substituents is 1. The Hall–Kier alpha value is -2.53. The standard InChI is InChI=1S/C18H14BrNO3/c1-23-12-8-6-11(7-9-12)20-18(22)15-10-16(19)13-4-2-3-5-14(13)17(15)21/h2-10,21H,1H3,(H,20,22). The maximum Gasteiger partial charge on any atom is 0.259 e. The van der Waals surface area contributed by atoms with E-state index in [2.05, 4.69) is 21.2 Å². The lowest BCUT2D eigenvalue weighted by molar-refractivity contribution is 0.102. The van der Waals surface area contributed by atoms with Crippen molar-refractivity contribution < 1.29 is 14.6 Å². The number of carbonyl (C=O) groups excluding carboxylic acids is 1. The van der Waals surface area contributed by atoms with Gasteiger partial charge in [-0.25, -0.2) is 0 Å². The van der Waals surface area contributed by atoms with Gasteiger partial charge in [-0.1, -0.05) is 40.2 Å². The van der Waals surface area contributed by atoms with E-state index in [0.29, 0.717) is 16.8 Å². The number of methoxy groups -OCH3 is 1. The van der Waals surface area contributed by atoms with Gasteiger partial charge >= 0.3 is 0 Å². The molecule has 116 valence electrons. The summed E-state index contributed by atoms with van der Waals surface area (Å²) in [7, 11) is 1.58. The van der Waals surface area contributed by atoms with E-state index in [9.17, 15) is 9.90 Å². The molecule has 3 aromatic rings. The molecule has 0 spiro atoms. The van der Waals surface area contributed by atoms with E-state index in [1.807, 2.05) is 18.2 Å². The van der Waals surface area contributed by atoms with Crippen LogP contribution in [0.4, 0.5) is 5.69 Å². The highest BCUT2D eigenvalue weighted by atomic mass is 79.9. The SMILES string of the molecule is COc1ccc(NC(=O)c2cc(Br)c3ccccc3c2O)cc1. The zero-order valence-corrected chi connectivity index (χ0v) is 13.9. The van der Waals surface area contributed by atoms with E-state index >= 15 is 0 Å². The van der Waals surface area contributed by atoms with Gasteiger partial charge in [0.1, 0.15) is 11.5 Å². The number of fused-ring (bicyclic) bond motifs is 1. The topological polar surface area (TPSA) is 58.6 Å². The number of benzene rings is 3. The van der Waals surface area contributed by atoms with Gasteiger partial charge in [-0.2, -0.15) is 0 Å². The first-order valence-electron chi connectivity index (χ1n) is 6.96. The Balaban J connectivity index is 1.95. The van der Waals surface area contributed by atoms with Crippen LogP contribution >= 0.6 is 15.9 Å². The molecular formula is C18H14BrNO3. The van der Waals surface area contributed by atoms with E-state index in [-0.39, 0.29) is 17.2 Å². The normalized spacial score (nSPS) is 10.5. The first kappa shape index (κ1) is 15.4. The van der Waals surface area contributed by atoms with E-state index in [1.54, 1.807) is 43.5 Å². The van der Waals surface area contributed by atoms with Crippen LogP contribution in [0.5, 0.6) is 11.5 Å². The third-order valence-corrected chi connectivity index (χ3v) is 4.21. The molecule has 0 saturated heterocycles. The summed E-state index contributed by atoms with van der Waals surface area (Å²) in [5, 5.41) is 14.6. The second-order valence-electron chi connectivity index (χ2n) is 4.98. The summed E-state index contributed by atoms with van der Waals surface area (Å²) >= 11 is 3.45. The minimum absolute atomic E-state index is 0.0326. The van der Waals surface area contributed by atoms with Crippen molar-refractivity contribution >= 4 is 38.3 Å². The maximum atomic E-state index is 12.5. The Morgan fingerprint density at radius 3 is 2.39 bits per heavy atom. The number of anilines is 1. The van der Waals surface area contributed by atoms with Gasteiger partial charge in [-0.15, -0.1) is 0 Å². The van der Waals surface area contributed by atoms with Gasteiger partial charge in [0.15, 0.2) is 0 Å². The molecule has 0 saturated carbocycles. The van der Waals surface area contributed by atoms with Crippen molar-refractivity contribution in [1.82, 2.24) is 0 Å². The molecule has 4 nitrogen and oxygen atoms in total. The van der Waals surface area contributed by atoms with Crippen LogP contribution in [0.25, 0.3) is 10.8 Å². The summed E-state index contributed by atoms with van der Waals surface area (Å²) in [4.78, 5) is 12.5. The third-order valence-electron chi connectivity index (χ3n) is 3.56. The van der Waals surface area contributed by atoms with Gasteiger partial charge in [-0.05, 0) is 35.7 Å². The molecule has 3 rings (SSSR count). The zero-order chi connectivity index (χ0) is 16.4. The largest absolute Gasteiger partial charge is 0.506 e. The van der Waals surface area contributed by atoms with Crippen molar-refractivity contribution in [3.63, 3.8) is 0 Å². The van der Waals surface area contributed by atoms with Gasteiger partial charge < -0.3 is 15.2 Å². The molecule has 0 fully saturated rings. The minimum atomic E-state index is -0.376. The first-order chi connectivity index (χ1) is 11.1. The van der Waals surface area contributed by atoms with Gasteiger partial charge in [-0.3, -0.25) is 4.79 Å². The molecule has 0 atom stereocenters. The summed E-state index contributed by atoms with van der Waals surface area (Å²) in [6.45, 7) is 0. The molecule has 0 unspecified atom stereocenters. The van der Waals surface area contributed by atoms with Crippen molar-refractivity contribution in [2.45, 2.75) is 0 Å². The molecule has 0 aromatic heterocycles. The molecule has 0 radical (unpaired) electrons. The highest BCUT2D eigenvalue weighted by Gasteiger charge is 2.16. The average Bonchev–Trinajstić information content (AvgIpc) is 2.58. The van der Waals surface area contributed by atoms with Crippen molar-refractivity contribution in [2.75, 3.05) is 12.4 Å². The van der Waals surface area contributed by atoms with Crippen LogP contribution in [0, 0.1) is 0 Å². The molecule has 1 amide bonds. The van der Waals surface area contributed by atoms with Crippen LogP contribution in [0.3, 0.4) is 0 Å². The highest BCUT2D eigenvalue weighted by molar-refractivity contribution is 9.10. The number of hydrogen-bond donors (Lipinski definition) is 2.